The molecule has 1 nitrogen and oxygen atoms in total. The van der Waals surface area contributed by atoms with Gasteiger partial charge >= 0.3 is 0 Å². The molecule has 0 aliphatic carbocycles. The minimum absolute atomic E-state index is 0.221. The summed E-state index contributed by atoms with van der Waals surface area (Å²) in [5.41, 5.74) is 1.32. The quantitative estimate of drug-likeness (QED) is 0.715. The molecule has 2 unspecified atom stereocenters. The highest BCUT2D eigenvalue weighted by molar-refractivity contribution is 7.99. The molecule has 1 aliphatic rings. The van der Waals surface area contributed by atoms with E-state index in [4.69, 9.17) is 0 Å². The van der Waals surface area contributed by atoms with Gasteiger partial charge in [-0.2, -0.15) is 0 Å². The first-order valence-electron chi connectivity index (χ1n) is 4.19. The second kappa shape index (κ2) is 3.11. The van der Waals surface area contributed by atoms with Crippen LogP contribution in [0, 0.1) is 0 Å². The molecule has 2 atom stereocenters. The maximum absolute atomic E-state index is 9.49. The van der Waals surface area contributed by atoms with Crippen LogP contribution in [0.15, 0.2) is 29.2 Å². The van der Waals surface area contributed by atoms with Crippen molar-refractivity contribution in [3.05, 3.63) is 29.8 Å². The molecule has 0 bridgehead atoms. The van der Waals surface area contributed by atoms with Crippen molar-refractivity contribution in [2.45, 2.75) is 23.8 Å². The standard InChI is InChI=1S/C10H12OS/c1-7(11)9-6-12-10-5-3-2-4-8(9)10/h2-5,7,9,11H,6H2,1H3. The van der Waals surface area contributed by atoms with Crippen molar-refractivity contribution < 1.29 is 5.11 Å². The maximum Gasteiger partial charge on any atom is 0.0589 e. The number of rotatable bonds is 1. The molecule has 0 fully saturated rings. The fourth-order valence-electron chi connectivity index (χ4n) is 1.59. The fraction of sp³-hybridized carbons (Fsp3) is 0.400. The van der Waals surface area contributed by atoms with Crippen LogP contribution in [-0.4, -0.2) is 17.0 Å². The third-order valence-corrected chi connectivity index (χ3v) is 3.53. The number of thioether (sulfide) groups is 1. The van der Waals surface area contributed by atoms with E-state index in [2.05, 4.69) is 18.2 Å². The van der Waals surface area contributed by atoms with E-state index in [1.165, 1.54) is 10.5 Å². The van der Waals surface area contributed by atoms with Crippen LogP contribution in [0.3, 0.4) is 0 Å². The molecule has 12 heavy (non-hydrogen) atoms. The van der Waals surface area contributed by atoms with Crippen LogP contribution >= 0.6 is 11.8 Å². The first kappa shape index (κ1) is 8.14. The van der Waals surface area contributed by atoms with E-state index in [0.717, 1.165) is 5.75 Å². The number of aliphatic hydroxyl groups excluding tert-OH is 1. The number of fused-ring (bicyclic) bond motifs is 1. The van der Waals surface area contributed by atoms with Crippen LogP contribution in [0.2, 0.25) is 0 Å². The maximum atomic E-state index is 9.49. The van der Waals surface area contributed by atoms with Crippen molar-refractivity contribution in [2.75, 3.05) is 5.75 Å². The van der Waals surface area contributed by atoms with Crippen LogP contribution < -0.4 is 0 Å². The Balaban J connectivity index is 2.36. The van der Waals surface area contributed by atoms with E-state index in [1.807, 2.05) is 24.8 Å². The molecular formula is C10H12OS. The lowest BCUT2D eigenvalue weighted by atomic mass is 9.97. The van der Waals surface area contributed by atoms with Crippen molar-refractivity contribution in [1.29, 1.82) is 0 Å². The van der Waals surface area contributed by atoms with Crippen LogP contribution in [0.1, 0.15) is 18.4 Å². The Kier molecular flexibility index (Phi) is 2.11. The van der Waals surface area contributed by atoms with Gasteiger partial charge in [0.15, 0.2) is 0 Å². The molecule has 0 amide bonds. The van der Waals surface area contributed by atoms with Crippen LogP contribution in [0.5, 0.6) is 0 Å². The highest BCUT2D eigenvalue weighted by atomic mass is 32.2. The second-order valence-corrected chi connectivity index (χ2v) is 4.26. The van der Waals surface area contributed by atoms with Crippen molar-refractivity contribution in [2.24, 2.45) is 0 Å². The predicted octanol–water partition coefficient (Wildman–Crippen LogP) is 2.26. The summed E-state index contributed by atoms with van der Waals surface area (Å²) in [4.78, 5) is 1.34. The number of aliphatic hydroxyl groups is 1. The zero-order valence-corrected chi connectivity index (χ0v) is 7.84. The van der Waals surface area contributed by atoms with Gasteiger partial charge in [-0.3, -0.25) is 0 Å². The van der Waals surface area contributed by atoms with Crippen molar-refractivity contribution in [3.8, 4) is 0 Å². The molecule has 0 saturated carbocycles. The van der Waals surface area contributed by atoms with E-state index in [-0.39, 0.29) is 6.10 Å². The van der Waals surface area contributed by atoms with Gasteiger partial charge in [0.1, 0.15) is 0 Å². The van der Waals surface area contributed by atoms with E-state index < -0.39 is 0 Å². The smallest absolute Gasteiger partial charge is 0.0589 e. The van der Waals surface area contributed by atoms with Crippen LogP contribution in [-0.2, 0) is 0 Å². The van der Waals surface area contributed by atoms with Crippen molar-refractivity contribution >= 4 is 11.8 Å². The highest BCUT2D eigenvalue weighted by Gasteiger charge is 2.25. The molecule has 1 N–H and O–H groups in total. The Morgan fingerprint density at radius 2 is 2.25 bits per heavy atom. The van der Waals surface area contributed by atoms with E-state index >= 15 is 0 Å². The minimum Gasteiger partial charge on any atom is -0.393 e. The van der Waals surface area contributed by atoms with Gasteiger partial charge < -0.3 is 5.11 Å². The van der Waals surface area contributed by atoms with Crippen molar-refractivity contribution in [3.63, 3.8) is 0 Å². The molecule has 0 radical (unpaired) electrons. The average Bonchev–Trinajstić information content (AvgIpc) is 2.47. The molecule has 64 valence electrons. The molecule has 1 aliphatic heterocycles. The molecule has 1 aromatic carbocycles. The summed E-state index contributed by atoms with van der Waals surface area (Å²) < 4.78 is 0. The average molecular weight is 180 g/mol. The largest absolute Gasteiger partial charge is 0.393 e. The fourth-order valence-corrected chi connectivity index (χ4v) is 2.96. The summed E-state index contributed by atoms with van der Waals surface area (Å²) in [6.07, 6.45) is -0.221. The zero-order chi connectivity index (χ0) is 8.55. The lowest BCUT2D eigenvalue weighted by Gasteiger charge is -2.12. The molecule has 2 rings (SSSR count). The Bertz CT molecular complexity index is 283. The molecular weight excluding hydrogens is 168 g/mol. The molecule has 1 heterocycles. The van der Waals surface area contributed by atoms with Gasteiger partial charge in [-0.1, -0.05) is 18.2 Å². The molecule has 1 aromatic rings. The summed E-state index contributed by atoms with van der Waals surface area (Å²) >= 11 is 1.84. The number of hydrogen-bond acceptors (Lipinski definition) is 2. The first-order valence-corrected chi connectivity index (χ1v) is 5.17. The molecule has 0 saturated heterocycles. The minimum atomic E-state index is -0.221. The van der Waals surface area contributed by atoms with Gasteiger partial charge in [0.25, 0.3) is 0 Å². The van der Waals surface area contributed by atoms with Gasteiger partial charge in [0, 0.05) is 16.6 Å². The van der Waals surface area contributed by atoms with Gasteiger partial charge in [-0.25, -0.2) is 0 Å². The SMILES string of the molecule is CC(O)C1CSc2ccccc21. The van der Waals surface area contributed by atoms with Crippen LogP contribution in [0.25, 0.3) is 0 Å². The highest BCUT2D eigenvalue weighted by Crippen LogP contribution is 2.40. The number of hydrogen-bond donors (Lipinski definition) is 1. The van der Waals surface area contributed by atoms with Gasteiger partial charge in [-0.15, -0.1) is 11.8 Å². The summed E-state index contributed by atoms with van der Waals surface area (Å²) in [6, 6.07) is 8.34. The third kappa shape index (κ3) is 1.25. The predicted molar refractivity (Wildman–Crippen MR) is 51.6 cm³/mol. The van der Waals surface area contributed by atoms with E-state index in [1.54, 1.807) is 0 Å². The monoisotopic (exact) mass is 180 g/mol. The Hall–Kier alpha value is -0.470. The third-order valence-electron chi connectivity index (χ3n) is 2.32. The molecule has 0 aromatic heterocycles. The van der Waals surface area contributed by atoms with Gasteiger partial charge in [-0.05, 0) is 18.6 Å². The van der Waals surface area contributed by atoms with E-state index in [9.17, 15) is 5.11 Å². The topological polar surface area (TPSA) is 20.2 Å². The molecule has 0 spiro atoms. The first-order chi connectivity index (χ1) is 5.79. The summed E-state index contributed by atoms with van der Waals surface area (Å²) in [7, 11) is 0. The Morgan fingerprint density at radius 1 is 1.50 bits per heavy atom. The summed E-state index contributed by atoms with van der Waals surface area (Å²) in [5, 5.41) is 9.49. The zero-order valence-electron chi connectivity index (χ0n) is 7.03. The lowest BCUT2D eigenvalue weighted by Crippen LogP contribution is -2.13. The lowest BCUT2D eigenvalue weighted by molar-refractivity contribution is 0.171. The Labute approximate surface area is 76.8 Å². The van der Waals surface area contributed by atoms with Gasteiger partial charge in [0.05, 0.1) is 6.10 Å². The summed E-state index contributed by atoms with van der Waals surface area (Å²) in [6.45, 7) is 1.87. The Morgan fingerprint density at radius 3 is 3.00 bits per heavy atom. The van der Waals surface area contributed by atoms with Crippen LogP contribution in [0.4, 0.5) is 0 Å². The van der Waals surface area contributed by atoms with Crippen molar-refractivity contribution in [1.82, 2.24) is 0 Å². The van der Waals surface area contributed by atoms with E-state index in [0.29, 0.717) is 5.92 Å². The normalized spacial score (nSPS) is 23.7. The molecule has 2 heteroatoms. The number of benzene rings is 1. The second-order valence-electron chi connectivity index (χ2n) is 3.20. The van der Waals surface area contributed by atoms with Gasteiger partial charge in [0.2, 0.25) is 0 Å². The summed E-state index contributed by atoms with van der Waals surface area (Å²) in [5.74, 6) is 1.36.